The van der Waals surface area contributed by atoms with Crippen LogP contribution in [0, 0.1) is 6.92 Å². The second-order valence-electron chi connectivity index (χ2n) is 11.2. The van der Waals surface area contributed by atoms with Crippen molar-refractivity contribution in [2.45, 2.75) is 156 Å². The summed E-state index contributed by atoms with van der Waals surface area (Å²) in [6.45, 7) is 13.1. The molecule has 0 bridgehead atoms. The SMILES string of the molecule is CCCCCCCCCCCCCCCCCCCC[N+](CCC)(CCC)c1ccc(C)cc1. The van der Waals surface area contributed by atoms with Crippen molar-refractivity contribution in [3.05, 3.63) is 29.8 Å². The van der Waals surface area contributed by atoms with Crippen LogP contribution in [-0.2, 0) is 0 Å². The Labute approximate surface area is 215 Å². The molecule has 0 heterocycles. The fourth-order valence-electron chi connectivity index (χ4n) is 5.76. The van der Waals surface area contributed by atoms with Crippen molar-refractivity contribution in [1.29, 1.82) is 0 Å². The highest BCUT2D eigenvalue weighted by atomic mass is 15.4. The van der Waals surface area contributed by atoms with E-state index >= 15 is 0 Å². The van der Waals surface area contributed by atoms with E-state index < -0.39 is 0 Å². The van der Waals surface area contributed by atoms with E-state index in [4.69, 9.17) is 0 Å². The van der Waals surface area contributed by atoms with Gasteiger partial charge < -0.3 is 0 Å². The Kier molecular flexibility index (Phi) is 19.7. The highest BCUT2D eigenvalue weighted by molar-refractivity contribution is 5.44. The van der Waals surface area contributed by atoms with Crippen LogP contribution in [0.2, 0.25) is 0 Å². The third-order valence-electron chi connectivity index (χ3n) is 7.82. The molecule has 1 nitrogen and oxygen atoms in total. The van der Waals surface area contributed by atoms with Gasteiger partial charge in [0.1, 0.15) is 5.69 Å². The van der Waals surface area contributed by atoms with Crippen LogP contribution < -0.4 is 4.48 Å². The van der Waals surface area contributed by atoms with Gasteiger partial charge in [0.25, 0.3) is 0 Å². The Balaban J connectivity index is 2.05. The topological polar surface area (TPSA) is 0 Å². The van der Waals surface area contributed by atoms with Gasteiger partial charge in [-0.2, -0.15) is 0 Å². The van der Waals surface area contributed by atoms with Gasteiger partial charge in [0, 0.05) is 0 Å². The second-order valence-corrected chi connectivity index (χ2v) is 11.2. The van der Waals surface area contributed by atoms with Crippen molar-refractivity contribution >= 4 is 5.69 Å². The van der Waals surface area contributed by atoms with Crippen molar-refractivity contribution in [2.24, 2.45) is 0 Å². The molecule has 1 heteroatoms. The lowest BCUT2D eigenvalue weighted by Gasteiger charge is -2.38. The average molecular weight is 473 g/mol. The summed E-state index contributed by atoms with van der Waals surface area (Å²) < 4.78 is 1.20. The lowest BCUT2D eigenvalue weighted by atomic mass is 10.0. The van der Waals surface area contributed by atoms with Crippen molar-refractivity contribution in [1.82, 2.24) is 4.48 Å². The van der Waals surface area contributed by atoms with Crippen LogP contribution in [0.25, 0.3) is 0 Å². The summed E-state index contributed by atoms with van der Waals surface area (Å²) >= 11 is 0. The second kappa shape index (κ2) is 21.5. The molecule has 1 rings (SSSR count). The molecule has 1 aromatic rings. The Hall–Kier alpha value is -0.820. The van der Waals surface area contributed by atoms with Crippen molar-refractivity contribution in [3.63, 3.8) is 0 Å². The third kappa shape index (κ3) is 14.6. The molecular formula is C33H62N+. The lowest BCUT2D eigenvalue weighted by Crippen LogP contribution is -2.51. The monoisotopic (exact) mass is 472 g/mol. The van der Waals surface area contributed by atoms with E-state index in [1.807, 2.05) is 0 Å². The number of hydrogen-bond acceptors (Lipinski definition) is 0. The predicted molar refractivity (Wildman–Crippen MR) is 157 cm³/mol. The van der Waals surface area contributed by atoms with E-state index in [1.54, 1.807) is 5.69 Å². The number of unbranched alkanes of at least 4 members (excludes halogenated alkanes) is 17. The van der Waals surface area contributed by atoms with Crippen molar-refractivity contribution in [2.75, 3.05) is 19.6 Å². The Bertz CT molecular complexity index is 540. The standard InChI is InChI=1S/C33H62N/c1-5-8-9-10-11-12-13-14-15-16-17-18-19-20-21-22-23-24-31-34(29-6-2,30-7-3)33-27-25-32(4)26-28-33/h25-28H,5-24,29-31H2,1-4H3/q+1. The maximum atomic E-state index is 2.40. The molecule has 198 valence electrons. The predicted octanol–water partition coefficient (Wildman–Crippen LogP) is 11.2. The zero-order valence-corrected chi connectivity index (χ0v) is 24.0. The number of nitrogens with zero attached hydrogens (tertiary/aromatic N) is 1. The fraction of sp³-hybridized carbons (Fsp3) is 0.818. The quantitative estimate of drug-likeness (QED) is 0.104. The summed E-state index contributed by atoms with van der Waals surface area (Å²) in [5.41, 5.74) is 2.92. The Morgan fingerprint density at radius 1 is 0.412 bits per heavy atom. The van der Waals surface area contributed by atoms with Crippen LogP contribution in [0.5, 0.6) is 0 Å². The van der Waals surface area contributed by atoms with Gasteiger partial charge in [-0.1, -0.05) is 141 Å². The molecule has 0 aliphatic rings. The molecule has 0 saturated carbocycles. The summed E-state index contributed by atoms with van der Waals surface area (Å²) in [5.74, 6) is 0. The van der Waals surface area contributed by atoms with Crippen LogP contribution in [0.3, 0.4) is 0 Å². The average Bonchev–Trinajstić information content (AvgIpc) is 2.84. The lowest BCUT2D eigenvalue weighted by molar-refractivity contribution is 0.265. The van der Waals surface area contributed by atoms with Gasteiger partial charge >= 0.3 is 0 Å². The van der Waals surface area contributed by atoms with Crippen LogP contribution in [0.1, 0.15) is 155 Å². The molecule has 0 aliphatic carbocycles. The largest absolute Gasteiger partial charge is 0.291 e. The Morgan fingerprint density at radius 3 is 1.12 bits per heavy atom. The summed E-state index contributed by atoms with van der Waals surface area (Å²) in [6, 6.07) is 9.41. The molecule has 0 fully saturated rings. The molecule has 0 atom stereocenters. The third-order valence-corrected chi connectivity index (χ3v) is 7.82. The van der Waals surface area contributed by atoms with Gasteiger partial charge in [0.05, 0.1) is 19.6 Å². The summed E-state index contributed by atoms with van der Waals surface area (Å²) in [4.78, 5) is 0. The number of quaternary nitrogens is 1. The van der Waals surface area contributed by atoms with E-state index in [0.29, 0.717) is 0 Å². The molecular weight excluding hydrogens is 410 g/mol. The van der Waals surface area contributed by atoms with Crippen molar-refractivity contribution in [3.8, 4) is 0 Å². The van der Waals surface area contributed by atoms with Gasteiger partial charge in [-0.25, -0.2) is 0 Å². The van der Waals surface area contributed by atoms with Crippen LogP contribution >= 0.6 is 0 Å². The number of rotatable bonds is 24. The Morgan fingerprint density at radius 2 is 0.765 bits per heavy atom. The molecule has 0 saturated heterocycles. The molecule has 0 radical (unpaired) electrons. The maximum Gasteiger partial charge on any atom is 0.132 e. The van der Waals surface area contributed by atoms with Gasteiger partial charge in [0.15, 0.2) is 0 Å². The first-order chi connectivity index (χ1) is 16.7. The van der Waals surface area contributed by atoms with Crippen LogP contribution in [0.4, 0.5) is 5.69 Å². The molecule has 0 amide bonds. The first-order valence-corrected chi connectivity index (χ1v) is 15.6. The van der Waals surface area contributed by atoms with Crippen LogP contribution in [-0.4, -0.2) is 19.6 Å². The number of aryl methyl sites for hydroxylation is 1. The van der Waals surface area contributed by atoms with E-state index in [-0.39, 0.29) is 0 Å². The zero-order valence-electron chi connectivity index (χ0n) is 24.0. The smallest absolute Gasteiger partial charge is 0.132 e. The molecule has 1 aromatic carbocycles. The molecule has 34 heavy (non-hydrogen) atoms. The number of hydrogen-bond donors (Lipinski definition) is 0. The van der Waals surface area contributed by atoms with Crippen LogP contribution in [0.15, 0.2) is 24.3 Å². The molecule has 0 aliphatic heterocycles. The summed E-state index contributed by atoms with van der Waals surface area (Å²) in [5, 5.41) is 0. The van der Waals surface area contributed by atoms with Crippen molar-refractivity contribution < 1.29 is 0 Å². The molecule has 0 aromatic heterocycles. The molecule has 0 spiro atoms. The minimum atomic E-state index is 1.20. The summed E-state index contributed by atoms with van der Waals surface area (Å²) in [6.07, 6.45) is 28.7. The zero-order chi connectivity index (χ0) is 24.7. The maximum absolute atomic E-state index is 2.40. The van der Waals surface area contributed by atoms with Gasteiger partial charge in [-0.3, -0.25) is 4.48 Å². The molecule has 0 unspecified atom stereocenters. The van der Waals surface area contributed by atoms with E-state index in [9.17, 15) is 0 Å². The number of benzene rings is 1. The highest BCUT2D eigenvalue weighted by Crippen LogP contribution is 2.26. The van der Waals surface area contributed by atoms with Gasteiger partial charge in [-0.15, -0.1) is 0 Å². The van der Waals surface area contributed by atoms with E-state index in [2.05, 4.69) is 52.0 Å². The fourth-order valence-corrected chi connectivity index (χ4v) is 5.76. The van der Waals surface area contributed by atoms with E-state index in [1.165, 1.54) is 158 Å². The first-order valence-electron chi connectivity index (χ1n) is 15.6. The van der Waals surface area contributed by atoms with E-state index in [0.717, 1.165) is 0 Å². The molecule has 0 N–H and O–H groups in total. The normalized spacial score (nSPS) is 11.9. The minimum absolute atomic E-state index is 1.20. The van der Waals surface area contributed by atoms with Gasteiger partial charge in [-0.05, 0) is 44.7 Å². The summed E-state index contributed by atoms with van der Waals surface area (Å²) in [7, 11) is 0. The first kappa shape index (κ1) is 31.2. The minimum Gasteiger partial charge on any atom is -0.291 e. The highest BCUT2D eigenvalue weighted by Gasteiger charge is 2.28. The van der Waals surface area contributed by atoms with Gasteiger partial charge in [0.2, 0.25) is 0 Å².